The maximum absolute atomic E-state index is 12.5. The van der Waals surface area contributed by atoms with E-state index in [1.807, 2.05) is 6.92 Å². The molecule has 0 atom stereocenters. The van der Waals surface area contributed by atoms with Gasteiger partial charge in [-0.3, -0.25) is 0 Å². The summed E-state index contributed by atoms with van der Waals surface area (Å²) in [6.45, 7) is 2.40. The minimum atomic E-state index is -4.32. The van der Waals surface area contributed by atoms with Gasteiger partial charge in [0.25, 0.3) is 0 Å². The molecule has 0 radical (unpaired) electrons. The molecule has 2 N–H and O–H groups in total. The summed E-state index contributed by atoms with van der Waals surface area (Å²) in [6.07, 6.45) is -0.952. The van der Waals surface area contributed by atoms with Crippen LogP contribution < -0.4 is 5.73 Å². The third kappa shape index (κ3) is 2.85. The summed E-state index contributed by atoms with van der Waals surface area (Å²) in [4.78, 5) is 0. The number of alkyl halides is 3. The highest BCUT2D eigenvalue weighted by molar-refractivity contribution is 5.38. The molecule has 2 rings (SSSR count). The summed E-state index contributed by atoms with van der Waals surface area (Å²) < 4.78 is 39.3. The molecule has 0 bridgehead atoms. The Morgan fingerprint density at radius 2 is 1.85 bits per heavy atom. The van der Waals surface area contributed by atoms with Crippen LogP contribution in [0.5, 0.6) is 0 Å². The summed E-state index contributed by atoms with van der Waals surface area (Å²) in [5, 5.41) is 4.22. The lowest BCUT2D eigenvalue weighted by atomic mass is 10.1. The van der Waals surface area contributed by atoms with Crippen molar-refractivity contribution in [1.82, 2.24) is 9.78 Å². The lowest BCUT2D eigenvalue weighted by Gasteiger charge is -2.10. The maximum atomic E-state index is 12.5. The Kier molecular flexibility index (Phi) is 4.13. The van der Waals surface area contributed by atoms with E-state index in [1.54, 1.807) is 10.9 Å². The first-order valence-electron chi connectivity index (χ1n) is 6.40. The molecule has 0 saturated carbocycles. The number of nitrogens with two attached hydrogens (primary N) is 1. The number of rotatable bonds is 4. The molecular formula is C14H16F3N3. The predicted octanol–water partition coefficient (Wildman–Crippen LogP) is 3.30. The van der Waals surface area contributed by atoms with Gasteiger partial charge in [-0.2, -0.15) is 18.3 Å². The molecular weight excluding hydrogens is 267 g/mol. The second-order valence-electron chi connectivity index (χ2n) is 4.53. The largest absolute Gasteiger partial charge is 0.416 e. The van der Waals surface area contributed by atoms with Crippen molar-refractivity contribution >= 4 is 0 Å². The van der Waals surface area contributed by atoms with E-state index in [1.165, 1.54) is 12.1 Å². The molecule has 0 aliphatic carbocycles. The van der Waals surface area contributed by atoms with Gasteiger partial charge in [-0.15, -0.1) is 0 Å². The summed E-state index contributed by atoms with van der Waals surface area (Å²) in [7, 11) is 0. The fourth-order valence-electron chi connectivity index (χ4n) is 2.10. The zero-order chi connectivity index (χ0) is 14.8. The molecule has 0 spiro atoms. The van der Waals surface area contributed by atoms with Crippen LogP contribution in [-0.2, 0) is 19.1 Å². The van der Waals surface area contributed by atoms with Crippen LogP contribution >= 0.6 is 0 Å². The number of hydrogen-bond donors (Lipinski definition) is 1. The van der Waals surface area contributed by atoms with Crippen LogP contribution in [0.1, 0.15) is 30.2 Å². The van der Waals surface area contributed by atoms with Crippen LogP contribution in [-0.4, -0.2) is 9.78 Å². The Morgan fingerprint density at radius 3 is 2.35 bits per heavy atom. The third-order valence-electron chi connectivity index (χ3n) is 3.10. The molecule has 0 aliphatic rings. The standard InChI is InChI=1S/C14H16F3N3/c1-2-3-13-10(8-18)9-19-20(13)12-6-4-11(5-7-12)14(15,16)17/h4-7,9H,2-3,8,18H2,1H3. The Hall–Kier alpha value is -1.82. The van der Waals surface area contributed by atoms with E-state index >= 15 is 0 Å². The highest BCUT2D eigenvalue weighted by atomic mass is 19.4. The van der Waals surface area contributed by atoms with Gasteiger partial charge >= 0.3 is 6.18 Å². The molecule has 0 amide bonds. The monoisotopic (exact) mass is 283 g/mol. The van der Waals surface area contributed by atoms with Crippen LogP contribution in [0.2, 0.25) is 0 Å². The predicted molar refractivity (Wildman–Crippen MR) is 70.5 cm³/mol. The van der Waals surface area contributed by atoms with E-state index < -0.39 is 11.7 Å². The summed E-state index contributed by atoms with van der Waals surface area (Å²) in [6, 6.07) is 4.98. The first-order chi connectivity index (χ1) is 9.47. The van der Waals surface area contributed by atoms with Crippen molar-refractivity contribution in [3.8, 4) is 5.69 Å². The Bertz CT molecular complexity index is 570. The van der Waals surface area contributed by atoms with Gasteiger partial charge in [0.05, 0.1) is 17.4 Å². The van der Waals surface area contributed by atoms with Crippen molar-refractivity contribution < 1.29 is 13.2 Å². The number of halogens is 3. The van der Waals surface area contributed by atoms with E-state index in [0.717, 1.165) is 36.2 Å². The van der Waals surface area contributed by atoms with Crippen molar-refractivity contribution in [2.24, 2.45) is 5.73 Å². The first kappa shape index (κ1) is 14.6. The van der Waals surface area contributed by atoms with Crippen molar-refractivity contribution in [2.45, 2.75) is 32.5 Å². The van der Waals surface area contributed by atoms with Crippen molar-refractivity contribution in [3.05, 3.63) is 47.3 Å². The van der Waals surface area contributed by atoms with Crippen LogP contribution in [0.15, 0.2) is 30.5 Å². The maximum Gasteiger partial charge on any atom is 0.416 e. The molecule has 0 saturated heterocycles. The number of hydrogen-bond acceptors (Lipinski definition) is 2. The SMILES string of the molecule is CCCc1c(CN)cnn1-c1ccc(C(F)(F)F)cc1. The lowest BCUT2D eigenvalue weighted by Crippen LogP contribution is -2.08. The molecule has 1 aromatic carbocycles. The Morgan fingerprint density at radius 1 is 1.20 bits per heavy atom. The van der Waals surface area contributed by atoms with E-state index in [2.05, 4.69) is 5.10 Å². The highest BCUT2D eigenvalue weighted by Crippen LogP contribution is 2.29. The van der Waals surface area contributed by atoms with E-state index in [0.29, 0.717) is 12.2 Å². The van der Waals surface area contributed by atoms with Crippen molar-refractivity contribution in [3.63, 3.8) is 0 Å². The van der Waals surface area contributed by atoms with Crippen LogP contribution in [0, 0.1) is 0 Å². The van der Waals surface area contributed by atoms with Gasteiger partial charge in [-0.25, -0.2) is 4.68 Å². The zero-order valence-electron chi connectivity index (χ0n) is 11.1. The van der Waals surface area contributed by atoms with Crippen molar-refractivity contribution in [2.75, 3.05) is 0 Å². The van der Waals surface area contributed by atoms with Crippen LogP contribution in [0.3, 0.4) is 0 Å². The summed E-state index contributed by atoms with van der Waals surface area (Å²) in [5.41, 5.74) is 7.48. The average molecular weight is 283 g/mol. The van der Waals surface area contributed by atoms with Crippen LogP contribution in [0.4, 0.5) is 13.2 Å². The summed E-state index contributed by atoms with van der Waals surface area (Å²) >= 11 is 0. The average Bonchev–Trinajstić information content (AvgIpc) is 2.81. The highest BCUT2D eigenvalue weighted by Gasteiger charge is 2.30. The molecule has 108 valence electrons. The number of benzene rings is 1. The van der Waals surface area contributed by atoms with Gasteiger partial charge in [-0.1, -0.05) is 13.3 Å². The van der Waals surface area contributed by atoms with Gasteiger partial charge in [0.1, 0.15) is 0 Å². The van der Waals surface area contributed by atoms with E-state index in [-0.39, 0.29) is 0 Å². The normalized spacial score (nSPS) is 11.8. The Labute approximate surface area is 115 Å². The van der Waals surface area contributed by atoms with Gasteiger partial charge in [0.15, 0.2) is 0 Å². The molecule has 0 unspecified atom stereocenters. The smallest absolute Gasteiger partial charge is 0.326 e. The Balaban J connectivity index is 2.39. The molecule has 20 heavy (non-hydrogen) atoms. The molecule has 3 nitrogen and oxygen atoms in total. The fourth-order valence-corrected chi connectivity index (χ4v) is 2.10. The van der Waals surface area contributed by atoms with Crippen molar-refractivity contribution in [1.29, 1.82) is 0 Å². The zero-order valence-corrected chi connectivity index (χ0v) is 11.1. The molecule has 0 fully saturated rings. The first-order valence-corrected chi connectivity index (χ1v) is 6.40. The molecule has 2 aromatic rings. The molecule has 1 aromatic heterocycles. The number of nitrogens with zero attached hydrogens (tertiary/aromatic N) is 2. The molecule has 0 aliphatic heterocycles. The van der Waals surface area contributed by atoms with E-state index in [9.17, 15) is 13.2 Å². The van der Waals surface area contributed by atoms with Crippen LogP contribution in [0.25, 0.3) is 5.69 Å². The number of aromatic nitrogens is 2. The fraction of sp³-hybridized carbons (Fsp3) is 0.357. The minimum absolute atomic E-state index is 0.371. The van der Waals surface area contributed by atoms with Gasteiger partial charge in [0.2, 0.25) is 0 Å². The second-order valence-corrected chi connectivity index (χ2v) is 4.53. The topological polar surface area (TPSA) is 43.8 Å². The molecule has 6 heteroatoms. The summed E-state index contributed by atoms with van der Waals surface area (Å²) in [5.74, 6) is 0. The minimum Gasteiger partial charge on any atom is -0.326 e. The second kappa shape index (κ2) is 5.66. The van der Waals surface area contributed by atoms with Gasteiger partial charge in [-0.05, 0) is 30.7 Å². The van der Waals surface area contributed by atoms with Gasteiger partial charge < -0.3 is 5.73 Å². The quantitative estimate of drug-likeness (QED) is 0.935. The van der Waals surface area contributed by atoms with E-state index in [4.69, 9.17) is 5.73 Å². The lowest BCUT2D eigenvalue weighted by molar-refractivity contribution is -0.137. The van der Waals surface area contributed by atoms with Gasteiger partial charge in [0, 0.05) is 17.8 Å². The third-order valence-corrected chi connectivity index (χ3v) is 3.10. The molecule has 1 heterocycles.